The SMILES string of the molecule is COc1cc(C=C2C(C)=C(CC(=O)NCc3ccco3)c3cc(F)ccc32)cc(OC)c1OC(=O)N1CCOCC1. The smallest absolute Gasteiger partial charge is 0.415 e. The normalized spacial score (nSPS) is 15.6. The van der Waals surface area contributed by atoms with E-state index in [1.807, 2.05) is 13.0 Å². The van der Waals surface area contributed by atoms with Gasteiger partial charge in [0, 0.05) is 13.1 Å². The number of carbonyl (C=O) groups is 2. The highest BCUT2D eigenvalue weighted by molar-refractivity contribution is 6.08. The summed E-state index contributed by atoms with van der Waals surface area (Å²) in [5, 5.41) is 2.85. The van der Waals surface area contributed by atoms with Crippen molar-refractivity contribution in [2.24, 2.45) is 0 Å². The number of furan rings is 1. The Balaban J connectivity index is 1.45. The average Bonchev–Trinajstić information content (AvgIpc) is 3.59. The molecule has 2 aromatic carbocycles. The van der Waals surface area contributed by atoms with E-state index in [9.17, 15) is 14.0 Å². The number of fused-ring (bicyclic) bond motifs is 1. The van der Waals surface area contributed by atoms with Crippen LogP contribution < -0.4 is 19.5 Å². The lowest BCUT2D eigenvalue weighted by Crippen LogP contribution is -2.42. The van der Waals surface area contributed by atoms with Crippen LogP contribution in [0.4, 0.5) is 9.18 Å². The van der Waals surface area contributed by atoms with Gasteiger partial charge in [0.15, 0.2) is 11.5 Å². The van der Waals surface area contributed by atoms with Crippen molar-refractivity contribution >= 4 is 29.2 Å². The Kier molecular flexibility index (Phi) is 8.39. The molecule has 0 atom stereocenters. The fourth-order valence-corrected chi connectivity index (χ4v) is 4.95. The van der Waals surface area contributed by atoms with Gasteiger partial charge in [-0.2, -0.15) is 0 Å². The molecule has 10 heteroatoms. The Morgan fingerprint density at radius 2 is 1.78 bits per heavy atom. The molecule has 1 aliphatic heterocycles. The number of hydrogen-bond acceptors (Lipinski definition) is 7. The van der Waals surface area contributed by atoms with Gasteiger partial charge in [-0.25, -0.2) is 9.18 Å². The van der Waals surface area contributed by atoms with Crippen molar-refractivity contribution in [3.05, 3.63) is 82.6 Å². The Hall–Kier alpha value is -4.57. The van der Waals surface area contributed by atoms with Gasteiger partial charge in [0.25, 0.3) is 0 Å². The summed E-state index contributed by atoms with van der Waals surface area (Å²) in [5.74, 6) is 0.847. The maximum absolute atomic E-state index is 14.3. The van der Waals surface area contributed by atoms with Crippen molar-refractivity contribution in [2.45, 2.75) is 19.9 Å². The fourth-order valence-electron chi connectivity index (χ4n) is 4.95. The van der Waals surface area contributed by atoms with Gasteiger partial charge in [-0.05, 0) is 82.8 Å². The minimum atomic E-state index is -0.517. The Morgan fingerprint density at radius 1 is 1.05 bits per heavy atom. The third kappa shape index (κ3) is 6.12. The second-order valence-electron chi connectivity index (χ2n) is 9.61. The van der Waals surface area contributed by atoms with Gasteiger partial charge in [0.05, 0.1) is 46.7 Å². The van der Waals surface area contributed by atoms with E-state index in [1.54, 1.807) is 41.5 Å². The summed E-state index contributed by atoms with van der Waals surface area (Å²) >= 11 is 0. The van der Waals surface area contributed by atoms with E-state index in [2.05, 4.69) is 5.32 Å². The van der Waals surface area contributed by atoms with Crippen molar-refractivity contribution in [1.29, 1.82) is 0 Å². The van der Waals surface area contributed by atoms with Crippen LogP contribution in [0.5, 0.6) is 17.2 Å². The topological polar surface area (TPSA) is 99.5 Å². The summed E-state index contributed by atoms with van der Waals surface area (Å²) in [4.78, 5) is 27.1. The second kappa shape index (κ2) is 12.3. The first-order valence-corrected chi connectivity index (χ1v) is 13.2. The molecular weight excluding hydrogens is 531 g/mol. The highest BCUT2D eigenvalue weighted by Crippen LogP contribution is 2.45. The van der Waals surface area contributed by atoms with Crippen LogP contribution in [0.15, 0.2) is 58.7 Å². The molecule has 0 unspecified atom stereocenters. The van der Waals surface area contributed by atoms with Crippen LogP contribution in [0.2, 0.25) is 0 Å². The molecule has 1 aliphatic carbocycles. The summed E-state index contributed by atoms with van der Waals surface area (Å²) in [5.41, 5.74) is 4.58. The standard InChI is InChI=1S/C31H31FN2O7/c1-19-24(23-7-6-21(32)16-26(23)25(19)17-29(35)33-18-22-5-4-10-40-22)13-20-14-27(37-2)30(28(15-20)38-3)41-31(36)34-8-11-39-12-9-34/h4-7,10,13-16H,8-9,11-12,17-18H2,1-3H3,(H,33,35). The average molecular weight is 563 g/mol. The van der Waals surface area contributed by atoms with E-state index in [4.69, 9.17) is 23.4 Å². The number of nitrogens with zero attached hydrogens (tertiary/aromatic N) is 1. The van der Waals surface area contributed by atoms with Crippen LogP contribution in [0.25, 0.3) is 17.2 Å². The van der Waals surface area contributed by atoms with Crippen LogP contribution in [-0.4, -0.2) is 57.4 Å². The van der Waals surface area contributed by atoms with Crippen LogP contribution in [0.3, 0.4) is 0 Å². The molecule has 5 rings (SSSR count). The summed E-state index contributed by atoms with van der Waals surface area (Å²) in [7, 11) is 2.96. The van der Waals surface area contributed by atoms with Crippen molar-refractivity contribution in [1.82, 2.24) is 10.2 Å². The number of ether oxygens (including phenoxy) is 4. The van der Waals surface area contributed by atoms with Crippen molar-refractivity contribution in [3.8, 4) is 17.2 Å². The largest absolute Gasteiger partial charge is 0.493 e. The fraction of sp³-hybridized carbons (Fsp3) is 0.290. The molecule has 0 radical (unpaired) electrons. The molecule has 1 fully saturated rings. The van der Waals surface area contributed by atoms with E-state index in [0.717, 1.165) is 22.3 Å². The number of morpholine rings is 1. The van der Waals surface area contributed by atoms with Gasteiger partial charge in [0.2, 0.25) is 11.7 Å². The summed E-state index contributed by atoms with van der Waals surface area (Å²) in [6.07, 6.45) is 3.02. The quantitative estimate of drug-likeness (QED) is 0.398. The van der Waals surface area contributed by atoms with Crippen LogP contribution >= 0.6 is 0 Å². The molecule has 0 saturated carbocycles. The van der Waals surface area contributed by atoms with E-state index >= 15 is 0 Å². The van der Waals surface area contributed by atoms with E-state index in [-0.39, 0.29) is 30.4 Å². The molecule has 3 aromatic rings. The zero-order chi connectivity index (χ0) is 28.9. The molecule has 1 N–H and O–H groups in total. The number of amides is 2. The van der Waals surface area contributed by atoms with Gasteiger partial charge in [-0.3, -0.25) is 4.79 Å². The number of allylic oxidation sites excluding steroid dienone is 2. The zero-order valence-corrected chi connectivity index (χ0v) is 23.1. The lowest BCUT2D eigenvalue weighted by atomic mass is 10.00. The van der Waals surface area contributed by atoms with E-state index in [1.165, 1.54) is 26.4 Å². The summed E-state index contributed by atoms with van der Waals surface area (Å²) < 4.78 is 41.8. The van der Waals surface area contributed by atoms with Crippen LogP contribution in [-0.2, 0) is 16.1 Å². The third-order valence-corrected chi connectivity index (χ3v) is 7.08. The molecule has 2 aliphatic rings. The third-order valence-electron chi connectivity index (χ3n) is 7.08. The van der Waals surface area contributed by atoms with Crippen molar-refractivity contribution in [3.63, 3.8) is 0 Å². The van der Waals surface area contributed by atoms with Gasteiger partial charge < -0.3 is 33.6 Å². The Labute approximate surface area is 237 Å². The number of carbonyl (C=O) groups excluding carboxylic acids is 2. The number of benzene rings is 2. The maximum atomic E-state index is 14.3. The number of halogens is 1. The van der Waals surface area contributed by atoms with E-state index < -0.39 is 6.09 Å². The Morgan fingerprint density at radius 3 is 2.44 bits per heavy atom. The molecule has 214 valence electrons. The summed E-state index contributed by atoms with van der Waals surface area (Å²) in [6, 6.07) is 11.6. The minimum Gasteiger partial charge on any atom is -0.493 e. The molecule has 1 aromatic heterocycles. The van der Waals surface area contributed by atoms with Gasteiger partial charge in [0.1, 0.15) is 11.6 Å². The predicted octanol–water partition coefficient (Wildman–Crippen LogP) is 5.30. The van der Waals surface area contributed by atoms with Gasteiger partial charge >= 0.3 is 6.09 Å². The maximum Gasteiger partial charge on any atom is 0.415 e. The van der Waals surface area contributed by atoms with Gasteiger partial charge in [-0.15, -0.1) is 0 Å². The highest BCUT2D eigenvalue weighted by Gasteiger charge is 2.27. The lowest BCUT2D eigenvalue weighted by molar-refractivity contribution is -0.120. The van der Waals surface area contributed by atoms with Crippen LogP contribution in [0.1, 0.15) is 35.8 Å². The molecule has 0 spiro atoms. The van der Waals surface area contributed by atoms with Gasteiger partial charge in [-0.1, -0.05) is 6.07 Å². The van der Waals surface area contributed by atoms with Crippen molar-refractivity contribution < 1.29 is 37.3 Å². The molecule has 1 saturated heterocycles. The molecule has 0 bridgehead atoms. The van der Waals surface area contributed by atoms with Crippen molar-refractivity contribution in [2.75, 3.05) is 40.5 Å². The monoisotopic (exact) mass is 562 g/mol. The second-order valence-corrected chi connectivity index (χ2v) is 9.61. The molecule has 41 heavy (non-hydrogen) atoms. The number of hydrogen-bond donors (Lipinski definition) is 1. The van der Waals surface area contributed by atoms with Crippen LogP contribution in [0, 0.1) is 5.82 Å². The Bertz CT molecular complexity index is 1480. The first-order chi connectivity index (χ1) is 19.9. The predicted molar refractivity (Wildman–Crippen MR) is 150 cm³/mol. The van der Waals surface area contributed by atoms with E-state index in [0.29, 0.717) is 54.7 Å². The minimum absolute atomic E-state index is 0.0728. The number of nitrogens with one attached hydrogen (secondary N) is 1. The molecule has 2 heterocycles. The zero-order valence-electron chi connectivity index (χ0n) is 23.1. The highest BCUT2D eigenvalue weighted by atomic mass is 19.1. The first kappa shape index (κ1) is 28.0. The first-order valence-electron chi connectivity index (χ1n) is 13.2. The molecule has 9 nitrogen and oxygen atoms in total. The summed E-state index contributed by atoms with van der Waals surface area (Å²) in [6.45, 7) is 3.93. The molecular formula is C31H31FN2O7. The number of rotatable bonds is 8. The number of methoxy groups -OCH3 is 2. The lowest BCUT2D eigenvalue weighted by Gasteiger charge is -2.26. The molecule has 2 amide bonds.